The fraction of sp³-hybridized carbons (Fsp3) is 0.385. The third-order valence-electron chi connectivity index (χ3n) is 5.76. The van der Waals surface area contributed by atoms with Crippen LogP contribution in [0.5, 0.6) is 11.6 Å². The van der Waals surface area contributed by atoms with E-state index in [9.17, 15) is 4.79 Å². The van der Waals surface area contributed by atoms with Crippen LogP contribution >= 0.6 is 0 Å². The van der Waals surface area contributed by atoms with E-state index in [0.717, 1.165) is 47.7 Å². The normalized spacial score (nSPS) is 15.5. The number of carbonyl (C=O) groups is 1. The number of benzene rings is 2. The highest BCUT2D eigenvalue weighted by atomic mass is 16.5. The van der Waals surface area contributed by atoms with Crippen LogP contribution in [0.4, 0.5) is 0 Å². The molecule has 1 aromatic heterocycles. The first-order chi connectivity index (χ1) is 16.0. The molecule has 1 fully saturated rings. The molecule has 0 radical (unpaired) electrons. The molecule has 1 amide bonds. The quantitative estimate of drug-likeness (QED) is 0.483. The number of para-hydroxylation sites is 1. The maximum atomic E-state index is 12.9. The zero-order valence-corrected chi connectivity index (χ0v) is 19.5. The van der Waals surface area contributed by atoms with Crippen LogP contribution in [0.15, 0.2) is 54.6 Å². The summed E-state index contributed by atoms with van der Waals surface area (Å²) in [6.45, 7) is 5.61. The highest BCUT2D eigenvalue weighted by Crippen LogP contribution is 2.32. The SMILES string of the molecule is COCC(=O)N(Cc1c(C)nn(-c2ccccc2)c1Oc1cccc(C)c1)CC1CCCO1. The molecular weight excluding hydrogens is 418 g/mol. The van der Waals surface area contributed by atoms with Crippen molar-refractivity contribution in [2.24, 2.45) is 0 Å². The second-order valence-corrected chi connectivity index (χ2v) is 8.38. The van der Waals surface area contributed by atoms with Crippen LogP contribution in [0.3, 0.4) is 0 Å². The van der Waals surface area contributed by atoms with E-state index in [0.29, 0.717) is 19.0 Å². The summed E-state index contributed by atoms with van der Waals surface area (Å²) in [5.41, 5.74) is 3.67. The van der Waals surface area contributed by atoms with Crippen LogP contribution in [0.25, 0.3) is 5.69 Å². The van der Waals surface area contributed by atoms with E-state index in [1.54, 1.807) is 9.58 Å². The minimum absolute atomic E-state index is 0.0205. The Bertz CT molecular complexity index is 1070. The summed E-state index contributed by atoms with van der Waals surface area (Å²) < 4.78 is 19.2. The van der Waals surface area contributed by atoms with Crippen molar-refractivity contribution in [3.63, 3.8) is 0 Å². The molecular formula is C26H31N3O4. The average Bonchev–Trinajstić information content (AvgIpc) is 3.43. The predicted molar refractivity (Wildman–Crippen MR) is 126 cm³/mol. The van der Waals surface area contributed by atoms with Crippen molar-refractivity contribution in [2.45, 2.75) is 39.3 Å². The van der Waals surface area contributed by atoms with Gasteiger partial charge >= 0.3 is 0 Å². The molecule has 4 rings (SSSR count). The summed E-state index contributed by atoms with van der Waals surface area (Å²) >= 11 is 0. The van der Waals surface area contributed by atoms with Crippen molar-refractivity contribution in [3.8, 4) is 17.3 Å². The first-order valence-electron chi connectivity index (χ1n) is 11.3. The number of hydrogen-bond donors (Lipinski definition) is 0. The van der Waals surface area contributed by atoms with Gasteiger partial charge in [0.15, 0.2) is 0 Å². The molecule has 1 atom stereocenters. The molecule has 33 heavy (non-hydrogen) atoms. The number of nitrogens with zero attached hydrogens (tertiary/aromatic N) is 3. The number of carbonyl (C=O) groups excluding carboxylic acids is 1. The van der Waals surface area contributed by atoms with Crippen molar-refractivity contribution < 1.29 is 19.0 Å². The predicted octanol–water partition coefficient (Wildman–Crippen LogP) is 4.44. The second kappa shape index (κ2) is 10.6. The Morgan fingerprint density at radius 3 is 2.70 bits per heavy atom. The van der Waals surface area contributed by atoms with Crippen LogP contribution in [-0.2, 0) is 20.8 Å². The third-order valence-corrected chi connectivity index (χ3v) is 5.76. The molecule has 0 aliphatic carbocycles. The van der Waals surface area contributed by atoms with Gasteiger partial charge in [-0.3, -0.25) is 4.79 Å². The van der Waals surface area contributed by atoms with Gasteiger partial charge in [-0.05, 0) is 56.5 Å². The topological polar surface area (TPSA) is 65.8 Å². The van der Waals surface area contributed by atoms with Crippen LogP contribution in [0.2, 0.25) is 0 Å². The molecule has 7 heteroatoms. The minimum Gasteiger partial charge on any atom is -0.439 e. The van der Waals surface area contributed by atoms with E-state index in [1.165, 1.54) is 7.11 Å². The van der Waals surface area contributed by atoms with Gasteiger partial charge in [0.2, 0.25) is 11.8 Å². The molecule has 0 bridgehead atoms. The molecule has 2 aromatic carbocycles. The van der Waals surface area contributed by atoms with E-state index >= 15 is 0 Å². The smallest absolute Gasteiger partial charge is 0.248 e. The Kier molecular flexibility index (Phi) is 7.42. The van der Waals surface area contributed by atoms with Crippen LogP contribution in [0, 0.1) is 13.8 Å². The zero-order chi connectivity index (χ0) is 23.2. The molecule has 174 valence electrons. The van der Waals surface area contributed by atoms with Gasteiger partial charge in [0.1, 0.15) is 12.4 Å². The van der Waals surface area contributed by atoms with E-state index in [1.807, 2.05) is 68.4 Å². The third kappa shape index (κ3) is 5.61. The zero-order valence-electron chi connectivity index (χ0n) is 19.5. The largest absolute Gasteiger partial charge is 0.439 e. The summed E-state index contributed by atoms with van der Waals surface area (Å²) in [5, 5.41) is 4.78. The monoisotopic (exact) mass is 449 g/mol. The number of amides is 1. The summed E-state index contributed by atoms with van der Waals surface area (Å²) in [4.78, 5) is 14.7. The van der Waals surface area contributed by atoms with Crippen molar-refractivity contribution in [2.75, 3.05) is 26.9 Å². The van der Waals surface area contributed by atoms with Gasteiger partial charge in [-0.1, -0.05) is 30.3 Å². The second-order valence-electron chi connectivity index (χ2n) is 8.38. The molecule has 1 saturated heterocycles. The molecule has 0 N–H and O–H groups in total. The number of ether oxygens (including phenoxy) is 3. The standard InChI is InChI=1S/C26H31N3O4/c1-19-9-7-12-22(15-19)33-26-24(20(2)27-29(26)21-10-5-4-6-11-21)17-28(25(30)18-31-3)16-23-13-8-14-32-23/h4-7,9-12,15,23H,8,13-14,16-18H2,1-3H3. The van der Waals surface area contributed by atoms with Crippen LogP contribution in [0.1, 0.15) is 29.7 Å². The lowest BCUT2D eigenvalue weighted by Gasteiger charge is -2.25. The molecule has 1 aliphatic rings. The van der Waals surface area contributed by atoms with Gasteiger partial charge in [-0.15, -0.1) is 0 Å². The molecule has 0 saturated carbocycles. The minimum atomic E-state index is -0.0821. The first-order valence-corrected chi connectivity index (χ1v) is 11.3. The number of rotatable bonds is 9. The number of aryl methyl sites for hydroxylation is 2. The fourth-order valence-electron chi connectivity index (χ4n) is 4.05. The number of aromatic nitrogens is 2. The van der Waals surface area contributed by atoms with Gasteiger partial charge < -0.3 is 19.1 Å². The maximum Gasteiger partial charge on any atom is 0.248 e. The lowest BCUT2D eigenvalue weighted by Crippen LogP contribution is -2.39. The van der Waals surface area contributed by atoms with Crippen molar-refractivity contribution >= 4 is 5.91 Å². The molecule has 3 aromatic rings. The van der Waals surface area contributed by atoms with Gasteiger partial charge in [0.05, 0.1) is 29.6 Å². The summed E-state index contributed by atoms with van der Waals surface area (Å²) in [6, 6.07) is 17.8. The van der Waals surface area contributed by atoms with Gasteiger partial charge in [0, 0.05) is 20.3 Å². The number of hydrogen-bond acceptors (Lipinski definition) is 5. The van der Waals surface area contributed by atoms with E-state index < -0.39 is 0 Å². The molecule has 1 unspecified atom stereocenters. The lowest BCUT2D eigenvalue weighted by molar-refractivity contribution is -0.137. The average molecular weight is 450 g/mol. The van der Waals surface area contributed by atoms with Gasteiger partial charge in [-0.2, -0.15) is 5.10 Å². The molecule has 1 aliphatic heterocycles. The Morgan fingerprint density at radius 1 is 1.18 bits per heavy atom. The molecule has 0 spiro atoms. The van der Waals surface area contributed by atoms with Crippen molar-refractivity contribution in [1.82, 2.24) is 14.7 Å². The Morgan fingerprint density at radius 2 is 2.00 bits per heavy atom. The Labute approximate surface area is 194 Å². The van der Waals surface area contributed by atoms with Crippen molar-refractivity contribution in [1.29, 1.82) is 0 Å². The van der Waals surface area contributed by atoms with E-state index in [-0.39, 0.29) is 18.6 Å². The summed E-state index contributed by atoms with van der Waals surface area (Å²) in [5.74, 6) is 1.25. The molecule has 2 heterocycles. The van der Waals surface area contributed by atoms with E-state index in [2.05, 4.69) is 0 Å². The Balaban J connectivity index is 1.72. The highest BCUT2D eigenvalue weighted by molar-refractivity contribution is 5.77. The van der Waals surface area contributed by atoms with Crippen molar-refractivity contribution in [3.05, 3.63) is 71.4 Å². The van der Waals surface area contributed by atoms with Crippen LogP contribution in [-0.4, -0.2) is 53.6 Å². The summed E-state index contributed by atoms with van der Waals surface area (Å²) in [6.07, 6.45) is 2.01. The fourth-order valence-corrected chi connectivity index (χ4v) is 4.05. The van der Waals surface area contributed by atoms with E-state index in [4.69, 9.17) is 19.3 Å². The van der Waals surface area contributed by atoms with Crippen LogP contribution < -0.4 is 4.74 Å². The molecule has 7 nitrogen and oxygen atoms in total. The first kappa shape index (κ1) is 23.0. The highest BCUT2D eigenvalue weighted by Gasteiger charge is 2.27. The van der Waals surface area contributed by atoms with Gasteiger partial charge in [0.25, 0.3) is 0 Å². The maximum absolute atomic E-state index is 12.9. The lowest BCUT2D eigenvalue weighted by atomic mass is 10.2. The summed E-state index contributed by atoms with van der Waals surface area (Å²) in [7, 11) is 1.53. The van der Waals surface area contributed by atoms with Gasteiger partial charge in [-0.25, -0.2) is 4.68 Å². The Hall–Kier alpha value is -3.16. The number of methoxy groups -OCH3 is 1.